The number of hydrogen-bond acceptors (Lipinski definition) is 8. The molecule has 154 valence electrons. The van der Waals surface area contributed by atoms with E-state index in [4.69, 9.17) is 4.74 Å². The monoisotopic (exact) mass is 448 g/mol. The molecule has 0 aliphatic heterocycles. The number of fused-ring (bicyclic) bond motifs is 2. The highest BCUT2D eigenvalue weighted by Crippen LogP contribution is 2.30. The van der Waals surface area contributed by atoms with Gasteiger partial charge in [-0.15, -0.1) is 0 Å². The highest BCUT2D eigenvalue weighted by molar-refractivity contribution is 8.00. The molecular weight excluding hydrogens is 432 g/mol. The van der Waals surface area contributed by atoms with Crippen LogP contribution < -0.4 is 10.1 Å². The molecule has 0 aliphatic rings. The molecule has 0 unspecified atom stereocenters. The van der Waals surface area contributed by atoms with Crippen molar-refractivity contribution in [1.29, 1.82) is 0 Å². The van der Waals surface area contributed by atoms with Crippen molar-refractivity contribution in [2.75, 3.05) is 18.2 Å². The number of methoxy groups -OCH3 is 1. The zero-order valence-electron chi connectivity index (χ0n) is 16.3. The first-order valence-corrected chi connectivity index (χ1v) is 11.1. The van der Waals surface area contributed by atoms with Crippen molar-refractivity contribution < 1.29 is 9.53 Å². The van der Waals surface area contributed by atoms with Gasteiger partial charge in [0.05, 0.1) is 29.4 Å². The van der Waals surface area contributed by atoms with Crippen LogP contribution in [0.4, 0.5) is 5.13 Å². The molecule has 0 radical (unpaired) electrons. The summed E-state index contributed by atoms with van der Waals surface area (Å²) in [5.41, 5.74) is 2.99. The lowest BCUT2D eigenvalue weighted by molar-refractivity contribution is -0.113. The van der Waals surface area contributed by atoms with Crippen LogP contribution in [-0.2, 0) is 4.79 Å². The van der Waals surface area contributed by atoms with Crippen LogP contribution in [-0.4, -0.2) is 43.7 Å². The molecule has 3 aromatic heterocycles. The molecule has 5 aromatic rings. The predicted molar refractivity (Wildman–Crippen MR) is 123 cm³/mol. The van der Waals surface area contributed by atoms with Crippen LogP contribution in [0.25, 0.3) is 32.8 Å². The Morgan fingerprint density at radius 2 is 2.03 bits per heavy atom. The number of carbonyl (C=O) groups excluding carboxylic acids is 1. The summed E-state index contributed by atoms with van der Waals surface area (Å²) in [7, 11) is 1.62. The van der Waals surface area contributed by atoms with E-state index in [9.17, 15) is 4.79 Å². The maximum Gasteiger partial charge on any atom is 0.236 e. The van der Waals surface area contributed by atoms with E-state index in [1.54, 1.807) is 13.4 Å². The fourth-order valence-corrected chi connectivity index (χ4v) is 4.69. The van der Waals surface area contributed by atoms with Gasteiger partial charge >= 0.3 is 0 Å². The van der Waals surface area contributed by atoms with Crippen LogP contribution in [0.5, 0.6) is 5.75 Å². The van der Waals surface area contributed by atoms with E-state index >= 15 is 0 Å². The number of H-pyrrole nitrogens is 1. The number of nitrogens with one attached hydrogen (secondary N) is 2. The molecule has 0 spiro atoms. The molecule has 0 saturated heterocycles. The normalized spacial score (nSPS) is 11.1. The number of carbonyl (C=O) groups is 1. The Balaban J connectivity index is 1.33. The van der Waals surface area contributed by atoms with Gasteiger partial charge in [-0.05, 0) is 18.2 Å². The SMILES string of the molecule is COc1ccc2nc(NC(=O)CSc3nc(-c4ccccc4)nc4[nH]cnc34)sc2c1. The van der Waals surface area contributed by atoms with E-state index < -0.39 is 0 Å². The van der Waals surface area contributed by atoms with Crippen molar-refractivity contribution in [2.24, 2.45) is 0 Å². The van der Waals surface area contributed by atoms with Gasteiger partial charge in [0, 0.05) is 5.56 Å². The third-order valence-electron chi connectivity index (χ3n) is 4.46. The van der Waals surface area contributed by atoms with E-state index in [0.29, 0.717) is 27.1 Å². The molecule has 0 aliphatic carbocycles. The van der Waals surface area contributed by atoms with E-state index in [2.05, 4.69) is 30.2 Å². The maximum absolute atomic E-state index is 12.6. The van der Waals surface area contributed by atoms with Gasteiger partial charge < -0.3 is 15.0 Å². The van der Waals surface area contributed by atoms with Gasteiger partial charge in [0.15, 0.2) is 16.6 Å². The number of amides is 1. The molecular formula is C21H16N6O2S2. The number of ether oxygens (including phenoxy) is 1. The lowest BCUT2D eigenvalue weighted by Crippen LogP contribution is -2.14. The third-order valence-corrected chi connectivity index (χ3v) is 6.36. The number of benzene rings is 2. The summed E-state index contributed by atoms with van der Waals surface area (Å²) in [4.78, 5) is 33.5. The van der Waals surface area contributed by atoms with Crippen LogP contribution in [0, 0.1) is 0 Å². The average molecular weight is 449 g/mol. The number of aromatic nitrogens is 5. The van der Waals surface area contributed by atoms with E-state index in [1.165, 1.54) is 23.1 Å². The van der Waals surface area contributed by atoms with Crippen molar-refractivity contribution in [3.05, 3.63) is 54.9 Å². The van der Waals surface area contributed by atoms with Crippen molar-refractivity contribution >= 4 is 55.5 Å². The molecule has 10 heteroatoms. The Kier molecular flexibility index (Phi) is 5.23. The number of nitrogens with zero attached hydrogens (tertiary/aromatic N) is 4. The quantitative estimate of drug-likeness (QED) is 0.293. The summed E-state index contributed by atoms with van der Waals surface area (Å²) in [5, 5.41) is 4.06. The van der Waals surface area contributed by atoms with Crippen molar-refractivity contribution in [3.8, 4) is 17.1 Å². The molecule has 0 saturated carbocycles. The highest BCUT2D eigenvalue weighted by Gasteiger charge is 2.15. The Hall–Kier alpha value is -3.50. The molecule has 2 aromatic carbocycles. The second-order valence-electron chi connectivity index (χ2n) is 6.51. The molecule has 5 rings (SSSR count). The van der Waals surface area contributed by atoms with Gasteiger partial charge in [-0.3, -0.25) is 4.79 Å². The Bertz CT molecular complexity index is 1380. The van der Waals surface area contributed by atoms with Gasteiger partial charge in [0.1, 0.15) is 16.3 Å². The van der Waals surface area contributed by atoms with Crippen LogP contribution >= 0.6 is 23.1 Å². The molecule has 0 atom stereocenters. The summed E-state index contributed by atoms with van der Waals surface area (Å²) in [5.74, 6) is 1.34. The summed E-state index contributed by atoms with van der Waals surface area (Å²) < 4.78 is 6.19. The summed E-state index contributed by atoms with van der Waals surface area (Å²) in [6.07, 6.45) is 1.58. The van der Waals surface area contributed by atoms with Crippen molar-refractivity contribution in [1.82, 2.24) is 24.9 Å². The first-order valence-electron chi connectivity index (χ1n) is 9.33. The van der Waals surface area contributed by atoms with Crippen LogP contribution in [0.15, 0.2) is 59.9 Å². The number of imidazole rings is 1. The average Bonchev–Trinajstić information content (AvgIpc) is 3.43. The predicted octanol–water partition coefficient (Wildman–Crippen LogP) is 4.37. The minimum atomic E-state index is -0.167. The van der Waals surface area contributed by atoms with Gasteiger partial charge in [0.25, 0.3) is 0 Å². The lowest BCUT2D eigenvalue weighted by Gasteiger charge is -2.05. The lowest BCUT2D eigenvalue weighted by atomic mass is 10.2. The highest BCUT2D eigenvalue weighted by atomic mass is 32.2. The van der Waals surface area contributed by atoms with Crippen molar-refractivity contribution in [2.45, 2.75) is 5.03 Å². The molecule has 8 nitrogen and oxygen atoms in total. The van der Waals surface area contributed by atoms with Crippen LogP contribution in [0.1, 0.15) is 0 Å². The van der Waals surface area contributed by atoms with Gasteiger partial charge in [-0.2, -0.15) is 0 Å². The fraction of sp³-hybridized carbons (Fsp3) is 0.0952. The number of hydrogen-bond donors (Lipinski definition) is 2. The number of aromatic amines is 1. The fourth-order valence-electron chi connectivity index (χ4n) is 3.00. The molecule has 0 bridgehead atoms. The summed E-state index contributed by atoms with van der Waals surface area (Å²) >= 11 is 2.72. The molecule has 1 amide bonds. The van der Waals surface area contributed by atoms with E-state index in [1.807, 2.05) is 48.5 Å². The van der Waals surface area contributed by atoms with E-state index in [-0.39, 0.29) is 11.7 Å². The van der Waals surface area contributed by atoms with E-state index in [0.717, 1.165) is 21.5 Å². The van der Waals surface area contributed by atoms with Crippen LogP contribution in [0.3, 0.4) is 0 Å². The van der Waals surface area contributed by atoms with Gasteiger partial charge in [-0.1, -0.05) is 53.4 Å². The standard InChI is InChI=1S/C21H16N6O2S2/c1-29-13-7-8-14-15(9-13)31-21(24-14)25-16(28)10-30-20-17-19(23-11-22-17)26-18(27-20)12-5-3-2-4-6-12/h2-9,11H,10H2,1H3,(H,24,25,28)(H,22,23,26,27). The first-order chi connectivity index (χ1) is 15.2. The number of thiazole rings is 1. The zero-order valence-corrected chi connectivity index (χ0v) is 18.0. The number of thioether (sulfide) groups is 1. The largest absolute Gasteiger partial charge is 0.497 e. The Labute approximate surface area is 185 Å². The summed E-state index contributed by atoms with van der Waals surface area (Å²) in [6, 6.07) is 15.3. The van der Waals surface area contributed by atoms with Crippen molar-refractivity contribution in [3.63, 3.8) is 0 Å². The van der Waals surface area contributed by atoms with Gasteiger partial charge in [-0.25, -0.2) is 19.9 Å². The summed E-state index contributed by atoms with van der Waals surface area (Å²) in [6.45, 7) is 0. The number of rotatable bonds is 6. The molecule has 2 N–H and O–H groups in total. The maximum atomic E-state index is 12.6. The first kappa shape index (κ1) is 19.5. The minimum absolute atomic E-state index is 0.167. The molecule has 0 fully saturated rings. The second kappa shape index (κ2) is 8.32. The number of anilines is 1. The molecule has 3 heterocycles. The molecule has 31 heavy (non-hydrogen) atoms. The third kappa shape index (κ3) is 4.07. The second-order valence-corrected chi connectivity index (χ2v) is 8.50. The smallest absolute Gasteiger partial charge is 0.236 e. The minimum Gasteiger partial charge on any atom is -0.497 e. The Morgan fingerprint density at radius 3 is 2.87 bits per heavy atom. The topological polar surface area (TPSA) is 106 Å². The van der Waals surface area contributed by atoms with Crippen LogP contribution in [0.2, 0.25) is 0 Å². The van der Waals surface area contributed by atoms with Gasteiger partial charge in [0.2, 0.25) is 5.91 Å². The zero-order chi connectivity index (χ0) is 21.2. The Morgan fingerprint density at radius 1 is 1.16 bits per heavy atom.